The van der Waals surface area contributed by atoms with Crippen molar-refractivity contribution in [2.45, 2.75) is 387 Å². The fraction of sp³-hybridized carbons (Fsp3) is 0.941. The molecule has 0 fully saturated rings. The number of carbonyl (C=O) groups is 4. The molecule has 468 valence electrons. The number of amides is 2. The van der Waals surface area contributed by atoms with E-state index in [1.807, 2.05) is 0 Å². The molecule has 8 N–H and O–H groups in total. The summed E-state index contributed by atoms with van der Waals surface area (Å²) in [5, 5.41) is 22.9. The largest absolute Gasteiger partial charge is 0.481 e. The number of hydrogen-bond donors (Lipinski definition) is 6. The van der Waals surface area contributed by atoms with E-state index >= 15 is 0 Å². The Morgan fingerprint density at radius 1 is 0.244 bits per heavy atom. The van der Waals surface area contributed by atoms with Crippen molar-refractivity contribution < 1.29 is 29.4 Å². The molecule has 0 spiro atoms. The molecule has 0 radical (unpaired) electrons. The molecule has 0 aromatic heterocycles. The summed E-state index contributed by atoms with van der Waals surface area (Å²) in [6.45, 7) is 11.3. The van der Waals surface area contributed by atoms with E-state index < -0.39 is 11.9 Å². The Kier molecular flexibility index (Phi) is 83.3. The molecule has 0 atom stereocenters. The second-order valence-electron chi connectivity index (χ2n) is 23.0. The first-order valence-corrected chi connectivity index (χ1v) is 34.5. The average molecular weight is 1110 g/mol. The Morgan fingerprint density at radius 2 is 0.385 bits per heavy atom. The van der Waals surface area contributed by atoms with E-state index in [0.29, 0.717) is 51.9 Å². The summed E-state index contributed by atoms with van der Waals surface area (Å²) < 4.78 is 0. The third-order valence-corrected chi connectivity index (χ3v) is 14.9. The van der Waals surface area contributed by atoms with Crippen LogP contribution in [0.15, 0.2) is 0 Å². The Labute approximate surface area is 486 Å². The van der Waals surface area contributed by atoms with Crippen molar-refractivity contribution in [2.75, 3.05) is 26.2 Å². The van der Waals surface area contributed by atoms with Gasteiger partial charge in [0.15, 0.2) is 0 Å². The number of unbranched alkanes of at least 4 members (excludes halogenated alkanes) is 48. The first kappa shape index (κ1) is 82.3. The van der Waals surface area contributed by atoms with Gasteiger partial charge in [-0.1, -0.05) is 336 Å². The smallest absolute Gasteiger partial charge is 0.303 e. The summed E-state index contributed by atoms with van der Waals surface area (Å²) in [7, 11) is 0. The van der Waals surface area contributed by atoms with Gasteiger partial charge >= 0.3 is 11.9 Å². The molecule has 0 aromatic rings. The summed E-state index contributed by atoms with van der Waals surface area (Å²) in [4.78, 5) is 44.5. The molecule has 10 heteroatoms. The fourth-order valence-corrected chi connectivity index (χ4v) is 9.78. The van der Waals surface area contributed by atoms with Crippen molar-refractivity contribution in [1.82, 2.24) is 10.6 Å². The molecule has 2 amide bonds. The number of carbonyl (C=O) groups excluding carboxylic acids is 2. The fourth-order valence-electron chi connectivity index (χ4n) is 9.78. The molecule has 0 bridgehead atoms. The van der Waals surface area contributed by atoms with Gasteiger partial charge in [0.25, 0.3) is 0 Å². The zero-order chi connectivity index (χ0) is 58.2. The maximum atomic E-state index is 12.0. The molecule has 10 nitrogen and oxygen atoms in total. The highest BCUT2D eigenvalue weighted by Crippen LogP contribution is 2.17. The highest BCUT2D eigenvalue weighted by molar-refractivity contribution is 5.77. The minimum atomic E-state index is -0.655. The van der Waals surface area contributed by atoms with E-state index in [0.717, 1.165) is 51.4 Å². The average Bonchev–Trinajstić information content (AvgIpc) is 3.43. The van der Waals surface area contributed by atoms with Crippen LogP contribution in [0.3, 0.4) is 0 Å². The van der Waals surface area contributed by atoms with Gasteiger partial charge in [0, 0.05) is 51.9 Å². The van der Waals surface area contributed by atoms with Crippen LogP contribution in [0.5, 0.6) is 0 Å². The van der Waals surface area contributed by atoms with E-state index in [2.05, 4.69) is 38.3 Å². The van der Waals surface area contributed by atoms with E-state index in [1.54, 1.807) is 0 Å². The molecule has 78 heavy (non-hydrogen) atoms. The third-order valence-electron chi connectivity index (χ3n) is 14.9. The van der Waals surface area contributed by atoms with Gasteiger partial charge in [0.1, 0.15) is 0 Å². The van der Waals surface area contributed by atoms with E-state index in [1.165, 1.54) is 283 Å². The predicted octanol–water partition coefficient (Wildman–Crippen LogP) is 20.2. The first-order valence-electron chi connectivity index (χ1n) is 34.5. The molecular formula is C68H140N4O6. The van der Waals surface area contributed by atoms with Crippen molar-refractivity contribution in [1.29, 1.82) is 0 Å². The van der Waals surface area contributed by atoms with Crippen molar-refractivity contribution in [3.8, 4) is 0 Å². The SMILES string of the molecule is CCCCCCCCCCCCCCCC(=O)NCCNC(=O)CCCCCCCCCCCCCCC.CCCCCCCCCCCCCCCC(=O)O.CCCCCCCCCCCCCCCC(=O)O.NCCN. The third kappa shape index (κ3) is 90.3. The standard InChI is InChI=1S/C34H68N2O2.2C16H32O2.C2H8N2/c1-3-5-7-9-11-13-15-17-19-21-23-25-27-29-33(37)35-31-32-36-34(38)30-28-26-24-22-20-18-16-14-12-10-8-6-4-2;2*1-2-3-4-5-6-7-8-9-10-11-12-13-14-15-16(17)18;3-1-2-4/h3-32H2,1-2H3,(H,35,37)(H,36,38);2*2-15H2,1H3,(H,17,18);1-4H2. The summed E-state index contributed by atoms with van der Waals surface area (Å²) in [5.74, 6) is -1.06. The summed E-state index contributed by atoms with van der Waals surface area (Å²) in [6.07, 6.45) is 70.2. The van der Waals surface area contributed by atoms with Gasteiger partial charge in [0.2, 0.25) is 11.8 Å². The van der Waals surface area contributed by atoms with Crippen LogP contribution in [0, 0.1) is 0 Å². The highest BCUT2D eigenvalue weighted by Gasteiger charge is 2.04. The number of carboxylic acids is 2. The lowest BCUT2D eigenvalue weighted by Crippen LogP contribution is -2.34. The zero-order valence-electron chi connectivity index (χ0n) is 53.1. The van der Waals surface area contributed by atoms with Crippen LogP contribution in [-0.4, -0.2) is 60.1 Å². The quantitative estimate of drug-likeness (QED) is 0.0325. The van der Waals surface area contributed by atoms with Gasteiger partial charge < -0.3 is 32.3 Å². The Bertz CT molecular complexity index is 1060. The van der Waals surface area contributed by atoms with Gasteiger partial charge in [-0.3, -0.25) is 19.2 Å². The number of nitrogens with two attached hydrogens (primary N) is 2. The summed E-state index contributed by atoms with van der Waals surface area (Å²) in [6, 6.07) is 0. The van der Waals surface area contributed by atoms with Gasteiger partial charge in [-0.25, -0.2) is 0 Å². The van der Waals surface area contributed by atoms with Crippen molar-refractivity contribution in [2.24, 2.45) is 11.5 Å². The molecule has 0 rings (SSSR count). The van der Waals surface area contributed by atoms with Crippen molar-refractivity contribution in [3.05, 3.63) is 0 Å². The normalized spacial score (nSPS) is 10.7. The first-order chi connectivity index (χ1) is 38.2. The van der Waals surface area contributed by atoms with E-state index in [4.69, 9.17) is 21.7 Å². The molecule has 0 saturated heterocycles. The topological polar surface area (TPSA) is 185 Å². The molecule has 0 heterocycles. The monoisotopic (exact) mass is 1110 g/mol. The molecule has 0 aliphatic rings. The minimum absolute atomic E-state index is 0.124. The lowest BCUT2D eigenvalue weighted by Gasteiger charge is -2.07. The van der Waals surface area contributed by atoms with Crippen LogP contribution >= 0.6 is 0 Å². The van der Waals surface area contributed by atoms with Crippen LogP contribution in [0.4, 0.5) is 0 Å². The van der Waals surface area contributed by atoms with Crippen LogP contribution in [-0.2, 0) is 19.2 Å². The lowest BCUT2D eigenvalue weighted by atomic mass is 10.0. The van der Waals surface area contributed by atoms with Crippen LogP contribution < -0.4 is 22.1 Å². The number of nitrogens with one attached hydrogen (secondary N) is 2. The molecule has 0 aromatic carbocycles. The van der Waals surface area contributed by atoms with Crippen molar-refractivity contribution >= 4 is 23.8 Å². The predicted molar refractivity (Wildman–Crippen MR) is 341 cm³/mol. The number of carboxylic acid groups (broad SMARTS) is 2. The summed E-state index contributed by atoms with van der Waals surface area (Å²) >= 11 is 0. The van der Waals surface area contributed by atoms with Gasteiger partial charge in [0.05, 0.1) is 0 Å². The summed E-state index contributed by atoms with van der Waals surface area (Å²) in [5.41, 5.74) is 9.81. The molecule has 0 aliphatic carbocycles. The van der Waals surface area contributed by atoms with Crippen LogP contribution in [0.2, 0.25) is 0 Å². The van der Waals surface area contributed by atoms with Gasteiger partial charge in [-0.2, -0.15) is 0 Å². The number of aliphatic carboxylic acids is 2. The van der Waals surface area contributed by atoms with E-state index in [-0.39, 0.29) is 11.8 Å². The zero-order valence-corrected chi connectivity index (χ0v) is 53.1. The maximum absolute atomic E-state index is 12.0. The Hall–Kier alpha value is -2.20. The van der Waals surface area contributed by atoms with Crippen LogP contribution in [0.1, 0.15) is 387 Å². The Balaban J connectivity index is -0.000000567. The maximum Gasteiger partial charge on any atom is 0.303 e. The number of hydrogen-bond acceptors (Lipinski definition) is 6. The Morgan fingerprint density at radius 3 is 0.526 bits per heavy atom. The van der Waals surface area contributed by atoms with Crippen molar-refractivity contribution in [3.63, 3.8) is 0 Å². The lowest BCUT2D eigenvalue weighted by molar-refractivity contribution is -0.138. The van der Waals surface area contributed by atoms with Gasteiger partial charge in [-0.05, 0) is 25.7 Å². The minimum Gasteiger partial charge on any atom is -0.481 e. The number of rotatable bonds is 60. The van der Waals surface area contributed by atoms with Gasteiger partial charge in [-0.15, -0.1) is 0 Å². The molecule has 0 saturated carbocycles. The molecule has 0 unspecified atom stereocenters. The van der Waals surface area contributed by atoms with Crippen LogP contribution in [0.25, 0.3) is 0 Å². The van der Waals surface area contributed by atoms with E-state index in [9.17, 15) is 19.2 Å². The second-order valence-corrected chi connectivity index (χ2v) is 23.0. The molecule has 0 aliphatic heterocycles. The second kappa shape index (κ2) is 79.0. The highest BCUT2D eigenvalue weighted by atomic mass is 16.4. The molecular weight excluding hydrogens is 969 g/mol.